The molecular weight excluding hydrogens is 204 g/mol. The summed E-state index contributed by atoms with van der Waals surface area (Å²) >= 11 is 0. The highest BCUT2D eigenvalue weighted by Gasteiger charge is 2.37. The Morgan fingerprint density at radius 2 is 2.25 bits per heavy atom. The van der Waals surface area contributed by atoms with E-state index in [1.54, 1.807) is 4.57 Å². The van der Waals surface area contributed by atoms with Crippen molar-refractivity contribution in [3.63, 3.8) is 0 Å². The van der Waals surface area contributed by atoms with Gasteiger partial charge in [0.2, 0.25) is 0 Å². The molecule has 4 nitrogen and oxygen atoms in total. The quantitative estimate of drug-likeness (QED) is 0.761. The molecule has 0 aliphatic heterocycles. The number of rotatable bonds is 1. The van der Waals surface area contributed by atoms with E-state index >= 15 is 0 Å². The first-order valence-electron chi connectivity index (χ1n) is 5.86. The summed E-state index contributed by atoms with van der Waals surface area (Å²) in [5.41, 5.74) is 0.878. The first kappa shape index (κ1) is 11.5. The fourth-order valence-electron chi connectivity index (χ4n) is 2.65. The lowest BCUT2D eigenvalue weighted by Crippen LogP contribution is -2.39. The van der Waals surface area contributed by atoms with E-state index in [0.29, 0.717) is 6.42 Å². The van der Waals surface area contributed by atoms with Crippen LogP contribution in [-0.4, -0.2) is 20.8 Å². The minimum atomic E-state index is -0.278. The Morgan fingerprint density at radius 3 is 2.81 bits per heavy atom. The van der Waals surface area contributed by atoms with E-state index in [9.17, 15) is 9.90 Å². The van der Waals surface area contributed by atoms with Crippen LogP contribution in [0.25, 0.3) is 0 Å². The standard InChI is InChI=1S/C12H20N2O2/c1-8-7-14(11(16)13-8)10-6-9(15)4-5-12(10,2)3/h7,9-10,15H,4-6H2,1-3H3,(H,13,16). The van der Waals surface area contributed by atoms with Gasteiger partial charge in [0, 0.05) is 17.9 Å². The van der Waals surface area contributed by atoms with Crippen LogP contribution >= 0.6 is 0 Å². The molecule has 1 aromatic rings. The van der Waals surface area contributed by atoms with Gasteiger partial charge >= 0.3 is 5.69 Å². The van der Waals surface area contributed by atoms with Crippen molar-refractivity contribution in [2.24, 2.45) is 5.41 Å². The van der Waals surface area contributed by atoms with Crippen molar-refractivity contribution >= 4 is 0 Å². The Morgan fingerprint density at radius 1 is 1.56 bits per heavy atom. The molecule has 0 bridgehead atoms. The summed E-state index contributed by atoms with van der Waals surface area (Å²) in [6.45, 7) is 6.21. The molecule has 0 radical (unpaired) electrons. The van der Waals surface area contributed by atoms with Crippen LogP contribution in [0.1, 0.15) is 44.8 Å². The Hall–Kier alpha value is -1.03. The topological polar surface area (TPSA) is 58.0 Å². The number of nitrogens with zero attached hydrogens (tertiary/aromatic N) is 1. The molecule has 16 heavy (non-hydrogen) atoms. The van der Waals surface area contributed by atoms with Gasteiger partial charge in [-0.3, -0.25) is 4.57 Å². The fraction of sp³-hybridized carbons (Fsp3) is 0.750. The van der Waals surface area contributed by atoms with E-state index in [-0.39, 0.29) is 23.3 Å². The number of aliphatic hydroxyl groups is 1. The van der Waals surface area contributed by atoms with Crippen LogP contribution in [0.5, 0.6) is 0 Å². The maximum absolute atomic E-state index is 11.8. The Kier molecular flexibility index (Phi) is 2.70. The lowest BCUT2D eigenvalue weighted by Gasteiger charge is -2.40. The normalized spacial score (nSPS) is 29.2. The van der Waals surface area contributed by atoms with E-state index in [1.165, 1.54) is 0 Å². The number of imidazole rings is 1. The second-order valence-electron chi connectivity index (χ2n) is 5.58. The molecule has 0 aromatic carbocycles. The molecule has 90 valence electrons. The van der Waals surface area contributed by atoms with Gasteiger partial charge in [0.1, 0.15) is 0 Å². The SMILES string of the molecule is Cc1cn(C2CC(O)CCC2(C)C)c(=O)[nH]1. The molecule has 2 unspecified atom stereocenters. The van der Waals surface area contributed by atoms with Gasteiger partial charge in [-0.25, -0.2) is 4.79 Å². The van der Waals surface area contributed by atoms with Crippen molar-refractivity contribution in [1.29, 1.82) is 0 Å². The summed E-state index contributed by atoms with van der Waals surface area (Å²) in [7, 11) is 0. The molecule has 0 amide bonds. The molecule has 2 rings (SSSR count). The molecule has 2 N–H and O–H groups in total. The fourth-order valence-corrected chi connectivity index (χ4v) is 2.65. The number of aromatic amines is 1. The summed E-state index contributed by atoms with van der Waals surface area (Å²) in [5, 5.41) is 9.75. The minimum absolute atomic E-state index is 0.0651. The number of hydrogen-bond donors (Lipinski definition) is 2. The first-order chi connectivity index (χ1) is 7.40. The Balaban J connectivity index is 2.37. The van der Waals surface area contributed by atoms with E-state index in [0.717, 1.165) is 18.5 Å². The molecule has 1 heterocycles. The van der Waals surface area contributed by atoms with Crippen molar-refractivity contribution < 1.29 is 5.11 Å². The number of hydrogen-bond acceptors (Lipinski definition) is 2. The highest BCUT2D eigenvalue weighted by atomic mass is 16.3. The van der Waals surface area contributed by atoms with Crippen LogP contribution < -0.4 is 5.69 Å². The van der Waals surface area contributed by atoms with Gasteiger partial charge in [0.05, 0.1) is 6.10 Å². The summed E-state index contributed by atoms with van der Waals surface area (Å²) in [6.07, 6.45) is 4.04. The molecule has 0 saturated heterocycles. The molecule has 1 aromatic heterocycles. The molecule has 1 fully saturated rings. The zero-order valence-corrected chi connectivity index (χ0v) is 10.2. The highest BCUT2D eigenvalue weighted by Crippen LogP contribution is 2.43. The molecule has 0 spiro atoms. The number of aromatic nitrogens is 2. The summed E-state index contributed by atoms with van der Waals surface area (Å²) in [6, 6.07) is 0.0914. The third-order valence-electron chi connectivity index (χ3n) is 3.73. The van der Waals surface area contributed by atoms with Crippen molar-refractivity contribution in [3.05, 3.63) is 22.4 Å². The lowest BCUT2D eigenvalue weighted by atomic mass is 9.72. The maximum Gasteiger partial charge on any atom is 0.325 e. The summed E-state index contributed by atoms with van der Waals surface area (Å²) < 4.78 is 1.75. The van der Waals surface area contributed by atoms with Gasteiger partial charge in [0.15, 0.2) is 0 Å². The number of aryl methyl sites for hydroxylation is 1. The van der Waals surface area contributed by atoms with Gasteiger partial charge in [-0.2, -0.15) is 0 Å². The monoisotopic (exact) mass is 224 g/mol. The third-order valence-corrected chi connectivity index (χ3v) is 3.73. The molecule has 2 atom stereocenters. The number of H-pyrrole nitrogens is 1. The van der Waals surface area contributed by atoms with Crippen molar-refractivity contribution in [1.82, 2.24) is 9.55 Å². The Labute approximate surface area is 95.3 Å². The summed E-state index contributed by atoms with van der Waals surface area (Å²) in [5.74, 6) is 0. The molecule has 1 aliphatic carbocycles. The third kappa shape index (κ3) is 1.94. The van der Waals surface area contributed by atoms with Crippen molar-refractivity contribution in [2.45, 2.75) is 52.2 Å². The second-order valence-corrected chi connectivity index (χ2v) is 5.58. The maximum atomic E-state index is 11.8. The molecule has 4 heteroatoms. The van der Waals surface area contributed by atoms with E-state index < -0.39 is 0 Å². The second kappa shape index (κ2) is 3.77. The average Bonchev–Trinajstić information content (AvgIpc) is 2.50. The van der Waals surface area contributed by atoms with E-state index in [4.69, 9.17) is 0 Å². The van der Waals surface area contributed by atoms with Crippen LogP contribution in [0.15, 0.2) is 11.0 Å². The van der Waals surface area contributed by atoms with Crippen LogP contribution in [0.4, 0.5) is 0 Å². The van der Waals surface area contributed by atoms with Crippen LogP contribution in [-0.2, 0) is 0 Å². The smallest absolute Gasteiger partial charge is 0.325 e. The predicted octanol–water partition coefficient (Wildman–Crippen LogP) is 1.60. The number of aliphatic hydroxyl groups excluding tert-OH is 1. The van der Waals surface area contributed by atoms with Gasteiger partial charge in [0.25, 0.3) is 0 Å². The van der Waals surface area contributed by atoms with E-state index in [1.807, 2.05) is 13.1 Å². The average molecular weight is 224 g/mol. The van der Waals surface area contributed by atoms with Crippen LogP contribution in [0.3, 0.4) is 0 Å². The van der Waals surface area contributed by atoms with Crippen molar-refractivity contribution in [3.8, 4) is 0 Å². The molecule has 1 aliphatic rings. The van der Waals surface area contributed by atoms with Crippen molar-refractivity contribution in [2.75, 3.05) is 0 Å². The van der Waals surface area contributed by atoms with Gasteiger partial charge < -0.3 is 10.1 Å². The van der Waals surface area contributed by atoms with Gasteiger partial charge in [-0.15, -0.1) is 0 Å². The largest absolute Gasteiger partial charge is 0.393 e. The predicted molar refractivity (Wildman–Crippen MR) is 62.5 cm³/mol. The zero-order chi connectivity index (χ0) is 11.9. The number of nitrogens with one attached hydrogen (secondary N) is 1. The molecule has 1 saturated carbocycles. The molecular formula is C12H20N2O2. The highest BCUT2D eigenvalue weighted by molar-refractivity contribution is 4.99. The van der Waals surface area contributed by atoms with E-state index in [2.05, 4.69) is 18.8 Å². The lowest BCUT2D eigenvalue weighted by molar-refractivity contribution is 0.0330. The summed E-state index contributed by atoms with van der Waals surface area (Å²) in [4.78, 5) is 14.5. The zero-order valence-electron chi connectivity index (χ0n) is 10.2. The van der Waals surface area contributed by atoms with Gasteiger partial charge in [-0.05, 0) is 31.6 Å². The Bertz CT molecular complexity index is 430. The van der Waals surface area contributed by atoms with Crippen LogP contribution in [0, 0.1) is 12.3 Å². The van der Waals surface area contributed by atoms with Gasteiger partial charge in [-0.1, -0.05) is 13.8 Å². The van der Waals surface area contributed by atoms with Crippen LogP contribution in [0.2, 0.25) is 0 Å². The minimum Gasteiger partial charge on any atom is -0.393 e. The first-order valence-corrected chi connectivity index (χ1v) is 5.86.